The molecule has 0 spiro atoms. The van der Waals surface area contributed by atoms with Gasteiger partial charge < -0.3 is 5.32 Å². The van der Waals surface area contributed by atoms with Gasteiger partial charge >= 0.3 is 0 Å². The van der Waals surface area contributed by atoms with E-state index in [4.69, 9.17) is 11.6 Å². The van der Waals surface area contributed by atoms with Crippen molar-refractivity contribution in [2.24, 2.45) is 0 Å². The predicted octanol–water partition coefficient (Wildman–Crippen LogP) is 4.58. The van der Waals surface area contributed by atoms with Crippen LogP contribution >= 0.6 is 11.6 Å². The second-order valence-electron chi connectivity index (χ2n) is 5.11. The highest BCUT2D eigenvalue weighted by Gasteiger charge is 2.20. The van der Waals surface area contributed by atoms with E-state index in [1.165, 1.54) is 0 Å². The minimum atomic E-state index is -0.619. The van der Waals surface area contributed by atoms with E-state index in [2.05, 4.69) is 10.3 Å². The summed E-state index contributed by atoms with van der Waals surface area (Å²) in [5.41, 5.74) is 1.95. The standard InChI is InChI=1S/C15H16ClFN2/c16-10-1-6-13-14(7-8-18-15(13)9-10)19-12-4-2-11(17)3-5-12/h1,6-9,11-12H,2-5H2,(H,18,19). The third-order valence-corrected chi connectivity index (χ3v) is 3.96. The van der Waals surface area contributed by atoms with E-state index in [0.717, 1.165) is 29.4 Å². The Bertz CT molecular complexity index is 579. The summed E-state index contributed by atoms with van der Waals surface area (Å²) in [5.74, 6) is 0. The first kappa shape index (κ1) is 12.7. The molecule has 0 atom stereocenters. The Balaban J connectivity index is 1.84. The number of benzene rings is 1. The molecular weight excluding hydrogens is 263 g/mol. The number of halogens is 2. The average Bonchev–Trinajstić information content (AvgIpc) is 2.41. The van der Waals surface area contributed by atoms with Crippen LogP contribution in [-0.2, 0) is 0 Å². The summed E-state index contributed by atoms with van der Waals surface area (Å²) >= 11 is 5.98. The lowest BCUT2D eigenvalue weighted by Crippen LogP contribution is -2.26. The molecule has 1 saturated carbocycles. The molecule has 1 heterocycles. The van der Waals surface area contributed by atoms with Gasteiger partial charge in [0.2, 0.25) is 0 Å². The van der Waals surface area contributed by atoms with Crippen molar-refractivity contribution in [1.29, 1.82) is 0 Å². The zero-order valence-electron chi connectivity index (χ0n) is 10.6. The Kier molecular flexibility index (Phi) is 3.56. The Morgan fingerprint density at radius 1 is 1.16 bits per heavy atom. The molecule has 0 bridgehead atoms. The lowest BCUT2D eigenvalue weighted by atomic mass is 9.93. The van der Waals surface area contributed by atoms with Crippen molar-refractivity contribution in [3.05, 3.63) is 35.5 Å². The molecule has 0 aliphatic heterocycles. The number of aromatic nitrogens is 1. The van der Waals surface area contributed by atoms with E-state index >= 15 is 0 Å². The van der Waals surface area contributed by atoms with Crippen LogP contribution in [0.4, 0.5) is 10.1 Å². The van der Waals surface area contributed by atoms with Crippen molar-refractivity contribution in [3.8, 4) is 0 Å². The van der Waals surface area contributed by atoms with Crippen molar-refractivity contribution in [2.45, 2.75) is 37.9 Å². The van der Waals surface area contributed by atoms with E-state index < -0.39 is 6.17 Å². The van der Waals surface area contributed by atoms with Gasteiger partial charge in [-0.15, -0.1) is 0 Å². The van der Waals surface area contributed by atoms with Crippen molar-refractivity contribution < 1.29 is 4.39 Å². The van der Waals surface area contributed by atoms with Gasteiger partial charge in [-0.25, -0.2) is 4.39 Å². The van der Waals surface area contributed by atoms with Crippen LogP contribution in [0.1, 0.15) is 25.7 Å². The van der Waals surface area contributed by atoms with Gasteiger partial charge in [-0.2, -0.15) is 0 Å². The molecule has 4 heteroatoms. The summed E-state index contributed by atoms with van der Waals surface area (Å²) in [6.07, 6.45) is 4.25. The molecule has 100 valence electrons. The van der Waals surface area contributed by atoms with E-state index in [1.54, 1.807) is 6.20 Å². The molecule has 19 heavy (non-hydrogen) atoms. The smallest absolute Gasteiger partial charge is 0.100 e. The fourth-order valence-electron chi connectivity index (χ4n) is 2.66. The number of nitrogens with zero attached hydrogens (tertiary/aromatic N) is 1. The Morgan fingerprint density at radius 3 is 2.74 bits per heavy atom. The topological polar surface area (TPSA) is 24.9 Å². The van der Waals surface area contributed by atoms with Crippen LogP contribution in [0, 0.1) is 0 Å². The third kappa shape index (κ3) is 2.81. The second kappa shape index (κ2) is 5.33. The number of fused-ring (bicyclic) bond motifs is 1. The van der Waals surface area contributed by atoms with Gasteiger partial charge in [0, 0.05) is 28.3 Å². The number of hydrogen-bond donors (Lipinski definition) is 1. The minimum absolute atomic E-state index is 0.355. The van der Waals surface area contributed by atoms with Gasteiger partial charge in [-0.05, 0) is 49.9 Å². The summed E-state index contributed by atoms with van der Waals surface area (Å²) < 4.78 is 13.1. The van der Waals surface area contributed by atoms with Crippen molar-refractivity contribution in [3.63, 3.8) is 0 Å². The predicted molar refractivity (Wildman–Crippen MR) is 77.5 cm³/mol. The quantitative estimate of drug-likeness (QED) is 0.870. The molecule has 2 aromatic rings. The highest BCUT2D eigenvalue weighted by atomic mass is 35.5. The van der Waals surface area contributed by atoms with Crippen LogP contribution in [0.25, 0.3) is 10.9 Å². The fraction of sp³-hybridized carbons (Fsp3) is 0.400. The fourth-order valence-corrected chi connectivity index (χ4v) is 2.83. The van der Waals surface area contributed by atoms with Crippen LogP contribution < -0.4 is 5.32 Å². The van der Waals surface area contributed by atoms with Gasteiger partial charge in [-0.1, -0.05) is 11.6 Å². The van der Waals surface area contributed by atoms with Crippen molar-refractivity contribution in [2.75, 3.05) is 5.32 Å². The molecule has 1 aromatic heterocycles. The van der Waals surface area contributed by atoms with Crippen LogP contribution in [0.5, 0.6) is 0 Å². The largest absolute Gasteiger partial charge is 0.382 e. The first-order valence-electron chi connectivity index (χ1n) is 6.67. The number of rotatable bonds is 2. The highest BCUT2D eigenvalue weighted by Crippen LogP contribution is 2.28. The highest BCUT2D eigenvalue weighted by molar-refractivity contribution is 6.31. The lowest BCUT2D eigenvalue weighted by Gasteiger charge is -2.26. The number of anilines is 1. The van der Waals surface area contributed by atoms with Crippen LogP contribution in [0.15, 0.2) is 30.5 Å². The van der Waals surface area contributed by atoms with Gasteiger partial charge in [-0.3, -0.25) is 4.98 Å². The van der Waals surface area contributed by atoms with Crippen molar-refractivity contribution >= 4 is 28.2 Å². The summed E-state index contributed by atoms with van der Waals surface area (Å²) in [7, 11) is 0. The Labute approximate surface area is 117 Å². The average molecular weight is 279 g/mol. The maximum atomic E-state index is 13.1. The molecule has 1 N–H and O–H groups in total. The molecule has 2 nitrogen and oxygen atoms in total. The minimum Gasteiger partial charge on any atom is -0.382 e. The molecule has 1 aromatic carbocycles. The van der Waals surface area contributed by atoms with Crippen LogP contribution in [-0.4, -0.2) is 17.2 Å². The molecule has 3 rings (SSSR count). The molecule has 0 amide bonds. The van der Waals surface area contributed by atoms with E-state index in [0.29, 0.717) is 23.9 Å². The zero-order valence-corrected chi connectivity index (χ0v) is 11.3. The summed E-state index contributed by atoms with van der Waals surface area (Å²) in [5, 5.41) is 5.27. The summed E-state index contributed by atoms with van der Waals surface area (Å²) in [4.78, 5) is 4.32. The number of nitrogens with one attached hydrogen (secondary N) is 1. The number of pyridine rings is 1. The Hall–Kier alpha value is -1.35. The Morgan fingerprint density at radius 2 is 1.95 bits per heavy atom. The van der Waals surface area contributed by atoms with E-state index in [9.17, 15) is 4.39 Å². The molecule has 1 aliphatic carbocycles. The maximum Gasteiger partial charge on any atom is 0.100 e. The van der Waals surface area contributed by atoms with Gasteiger partial charge in [0.1, 0.15) is 6.17 Å². The van der Waals surface area contributed by atoms with Crippen LogP contribution in [0.3, 0.4) is 0 Å². The maximum absolute atomic E-state index is 13.1. The first-order chi connectivity index (χ1) is 9.22. The van der Waals surface area contributed by atoms with Crippen molar-refractivity contribution in [1.82, 2.24) is 4.98 Å². The first-order valence-corrected chi connectivity index (χ1v) is 7.05. The monoisotopic (exact) mass is 278 g/mol. The molecular formula is C15H16ClFN2. The molecule has 1 aliphatic rings. The number of alkyl halides is 1. The molecule has 0 radical (unpaired) electrons. The van der Waals surface area contributed by atoms with Gasteiger partial charge in [0.15, 0.2) is 0 Å². The van der Waals surface area contributed by atoms with E-state index in [-0.39, 0.29) is 0 Å². The van der Waals surface area contributed by atoms with Crippen LogP contribution in [0.2, 0.25) is 5.02 Å². The van der Waals surface area contributed by atoms with E-state index in [1.807, 2.05) is 24.3 Å². The third-order valence-electron chi connectivity index (χ3n) is 3.72. The molecule has 0 saturated heterocycles. The number of hydrogen-bond acceptors (Lipinski definition) is 2. The lowest BCUT2D eigenvalue weighted by molar-refractivity contribution is 0.242. The molecule has 0 unspecified atom stereocenters. The summed E-state index contributed by atoms with van der Waals surface area (Å²) in [6, 6.07) is 8.04. The molecule has 1 fully saturated rings. The second-order valence-corrected chi connectivity index (χ2v) is 5.55. The summed E-state index contributed by atoms with van der Waals surface area (Å²) in [6.45, 7) is 0. The normalized spacial score (nSPS) is 23.5. The SMILES string of the molecule is FC1CCC(Nc2ccnc3cc(Cl)ccc23)CC1. The van der Waals surface area contributed by atoms with Gasteiger partial charge in [0.25, 0.3) is 0 Å². The van der Waals surface area contributed by atoms with Gasteiger partial charge in [0.05, 0.1) is 5.52 Å². The zero-order chi connectivity index (χ0) is 13.2.